The number of allylic oxidation sites excluding steroid dienone is 2. The predicted octanol–water partition coefficient (Wildman–Crippen LogP) is 5.15. The van der Waals surface area contributed by atoms with Gasteiger partial charge in [0.15, 0.2) is 5.90 Å². The Morgan fingerprint density at radius 3 is 2.19 bits per heavy atom. The van der Waals surface area contributed by atoms with Crippen LogP contribution in [0.1, 0.15) is 34.1 Å². The van der Waals surface area contributed by atoms with Gasteiger partial charge in [-0.3, -0.25) is 0 Å². The van der Waals surface area contributed by atoms with Crippen LogP contribution in [0.3, 0.4) is 0 Å². The Balaban J connectivity index is 1.56. The Morgan fingerprint density at radius 1 is 1.03 bits per heavy atom. The fourth-order valence-corrected chi connectivity index (χ4v) is 6.73. The molecule has 31 heavy (non-hydrogen) atoms. The fraction of sp³-hybridized carbons (Fsp3) is 0.370. The fourth-order valence-electron chi connectivity index (χ4n) is 4.06. The van der Waals surface area contributed by atoms with Gasteiger partial charge in [0.25, 0.3) is 0 Å². The topological polar surface area (TPSA) is 33.6 Å². The van der Waals surface area contributed by atoms with E-state index < -0.39 is 7.92 Å². The van der Waals surface area contributed by atoms with E-state index in [0.717, 1.165) is 12.3 Å². The molecule has 1 aliphatic carbocycles. The SMILES string of the molecule is C[C@H](NCC1=N[C@@H](C(C)(C)C)CO1)C1=C(P(c2ccccc2)c2ccccc2)CC=C1. The van der Waals surface area contributed by atoms with Crippen molar-refractivity contribution in [2.24, 2.45) is 10.4 Å². The summed E-state index contributed by atoms with van der Waals surface area (Å²) in [5.74, 6) is 0.837. The second-order valence-corrected chi connectivity index (χ2v) is 11.6. The summed E-state index contributed by atoms with van der Waals surface area (Å²) >= 11 is 0. The minimum absolute atomic E-state index is 0.137. The molecule has 0 amide bonds. The van der Waals surface area contributed by atoms with E-state index in [2.05, 4.69) is 106 Å². The quantitative estimate of drug-likeness (QED) is 0.614. The predicted molar refractivity (Wildman–Crippen MR) is 134 cm³/mol. The lowest BCUT2D eigenvalue weighted by Gasteiger charge is -2.24. The zero-order chi connectivity index (χ0) is 21.8. The number of ether oxygens (including phenoxy) is 1. The Labute approximate surface area is 188 Å². The molecule has 1 N–H and O–H groups in total. The summed E-state index contributed by atoms with van der Waals surface area (Å²) in [5.41, 5.74) is 1.54. The highest BCUT2D eigenvalue weighted by molar-refractivity contribution is 7.76. The maximum Gasteiger partial charge on any atom is 0.198 e. The van der Waals surface area contributed by atoms with E-state index in [1.165, 1.54) is 21.5 Å². The normalized spacial score (nSPS) is 19.6. The molecule has 2 aliphatic rings. The third kappa shape index (κ3) is 5.17. The van der Waals surface area contributed by atoms with Gasteiger partial charge in [-0.05, 0) is 48.2 Å². The van der Waals surface area contributed by atoms with Gasteiger partial charge in [0, 0.05) is 6.04 Å². The molecule has 0 fully saturated rings. The largest absolute Gasteiger partial charge is 0.478 e. The van der Waals surface area contributed by atoms with Crippen LogP contribution < -0.4 is 15.9 Å². The maximum atomic E-state index is 5.88. The van der Waals surface area contributed by atoms with E-state index >= 15 is 0 Å². The summed E-state index contributed by atoms with van der Waals surface area (Å²) in [7, 11) is -0.552. The van der Waals surface area contributed by atoms with Gasteiger partial charge >= 0.3 is 0 Å². The van der Waals surface area contributed by atoms with E-state index in [-0.39, 0.29) is 17.5 Å². The van der Waals surface area contributed by atoms with Crippen LogP contribution >= 0.6 is 7.92 Å². The molecular weight excluding hydrogens is 399 g/mol. The number of nitrogens with zero attached hydrogens (tertiary/aromatic N) is 1. The van der Waals surface area contributed by atoms with Gasteiger partial charge in [-0.1, -0.05) is 93.6 Å². The average molecular weight is 433 g/mol. The van der Waals surface area contributed by atoms with Crippen LogP contribution in [0, 0.1) is 5.41 Å². The molecule has 2 aromatic rings. The van der Waals surface area contributed by atoms with Crippen molar-refractivity contribution in [1.29, 1.82) is 0 Å². The van der Waals surface area contributed by atoms with Crippen molar-refractivity contribution < 1.29 is 4.74 Å². The van der Waals surface area contributed by atoms with Crippen LogP contribution in [0.2, 0.25) is 0 Å². The summed E-state index contributed by atoms with van der Waals surface area (Å²) in [6.07, 6.45) is 5.63. The van der Waals surface area contributed by atoms with E-state index in [1.807, 2.05) is 0 Å². The third-order valence-electron chi connectivity index (χ3n) is 5.97. The van der Waals surface area contributed by atoms with Gasteiger partial charge in [-0.2, -0.15) is 0 Å². The zero-order valence-corrected chi connectivity index (χ0v) is 19.9. The second kappa shape index (κ2) is 9.51. The second-order valence-electron chi connectivity index (χ2n) is 9.33. The summed E-state index contributed by atoms with van der Waals surface area (Å²) in [6, 6.07) is 22.4. The highest BCUT2D eigenvalue weighted by Crippen LogP contribution is 2.49. The smallest absolute Gasteiger partial charge is 0.198 e. The Kier molecular flexibility index (Phi) is 6.74. The van der Waals surface area contributed by atoms with Crippen LogP contribution in [0.4, 0.5) is 0 Å². The third-order valence-corrected chi connectivity index (χ3v) is 8.58. The Morgan fingerprint density at radius 2 is 1.65 bits per heavy atom. The molecule has 1 heterocycles. The van der Waals surface area contributed by atoms with Crippen LogP contribution in [0.15, 0.2) is 88.7 Å². The first-order valence-corrected chi connectivity index (χ1v) is 12.5. The molecule has 4 rings (SSSR count). The summed E-state index contributed by atoms with van der Waals surface area (Å²) < 4.78 is 5.88. The van der Waals surface area contributed by atoms with Crippen LogP contribution in [0.5, 0.6) is 0 Å². The van der Waals surface area contributed by atoms with E-state index in [9.17, 15) is 0 Å². The molecule has 162 valence electrons. The Bertz CT molecular complexity index is 934. The number of hydrogen-bond acceptors (Lipinski definition) is 3. The molecule has 3 nitrogen and oxygen atoms in total. The molecule has 2 atom stereocenters. The van der Waals surface area contributed by atoms with E-state index in [4.69, 9.17) is 9.73 Å². The first-order chi connectivity index (χ1) is 14.9. The van der Waals surface area contributed by atoms with Gasteiger partial charge < -0.3 is 10.1 Å². The van der Waals surface area contributed by atoms with Crippen molar-refractivity contribution >= 4 is 24.4 Å². The van der Waals surface area contributed by atoms with E-state index in [1.54, 1.807) is 0 Å². The molecule has 0 bridgehead atoms. The lowest BCUT2D eigenvalue weighted by Crippen LogP contribution is -2.33. The standard InChI is InChI=1S/C27H33N2OP/c1-20(28-18-26-29-25(19-30-26)27(2,3)4)23-16-11-17-24(23)31(21-12-7-5-8-13-21)22-14-9-6-10-15-22/h5-16,20,25,28H,17-19H2,1-4H3/t20-,25+/m0/s1. The van der Waals surface area contributed by atoms with Gasteiger partial charge in [0.1, 0.15) is 6.61 Å². The number of rotatable bonds is 7. The van der Waals surface area contributed by atoms with Crippen LogP contribution in [-0.2, 0) is 4.74 Å². The van der Waals surface area contributed by atoms with Crippen molar-refractivity contribution in [3.05, 3.63) is 83.7 Å². The van der Waals surface area contributed by atoms with Crippen LogP contribution in [-0.4, -0.2) is 31.1 Å². The minimum atomic E-state index is -0.552. The van der Waals surface area contributed by atoms with Crippen LogP contribution in [0.25, 0.3) is 0 Å². The molecular formula is C27H33N2OP. The summed E-state index contributed by atoms with van der Waals surface area (Å²) in [6.45, 7) is 10.3. The zero-order valence-electron chi connectivity index (χ0n) is 19.0. The number of aliphatic imine (C=N–C) groups is 1. The number of hydrogen-bond donors (Lipinski definition) is 1. The molecule has 0 saturated carbocycles. The molecule has 0 saturated heterocycles. The van der Waals surface area contributed by atoms with Crippen molar-refractivity contribution in [3.8, 4) is 0 Å². The molecule has 0 radical (unpaired) electrons. The van der Waals surface area contributed by atoms with Crippen molar-refractivity contribution in [2.75, 3.05) is 13.2 Å². The highest BCUT2D eigenvalue weighted by atomic mass is 31.1. The van der Waals surface area contributed by atoms with Crippen molar-refractivity contribution in [3.63, 3.8) is 0 Å². The lowest BCUT2D eigenvalue weighted by atomic mass is 9.88. The Hall–Kier alpha value is -2.22. The van der Waals surface area contributed by atoms with Crippen molar-refractivity contribution in [2.45, 2.75) is 46.2 Å². The average Bonchev–Trinajstić information content (AvgIpc) is 3.44. The van der Waals surface area contributed by atoms with Gasteiger partial charge in [-0.15, -0.1) is 0 Å². The monoisotopic (exact) mass is 432 g/mol. The van der Waals surface area contributed by atoms with Gasteiger partial charge in [0.05, 0.1) is 12.6 Å². The molecule has 0 spiro atoms. The maximum absolute atomic E-state index is 5.88. The molecule has 1 aliphatic heterocycles. The van der Waals surface area contributed by atoms with Gasteiger partial charge in [-0.25, -0.2) is 4.99 Å². The number of nitrogens with one attached hydrogen (secondary N) is 1. The summed E-state index contributed by atoms with van der Waals surface area (Å²) in [4.78, 5) is 4.81. The lowest BCUT2D eigenvalue weighted by molar-refractivity contribution is 0.233. The van der Waals surface area contributed by atoms with Crippen molar-refractivity contribution in [1.82, 2.24) is 5.32 Å². The number of benzene rings is 2. The molecule has 4 heteroatoms. The first kappa shape index (κ1) is 22.0. The molecule has 2 aromatic carbocycles. The minimum Gasteiger partial charge on any atom is -0.478 e. The van der Waals surface area contributed by atoms with Gasteiger partial charge in [0.2, 0.25) is 0 Å². The summed E-state index contributed by atoms with van der Waals surface area (Å²) in [5, 5.41) is 8.02. The molecule has 0 aromatic heterocycles. The first-order valence-electron chi connectivity index (χ1n) is 11.2. The molecule has 0 unspecified atom stereocenters. The highest BCUT2D eigenvalue weighted by Gasteiger charge is 2.30. The van der Waals surface area contributed by atoms with E-state index in [0.29, 0.717) is 13.2 Å².